The summed E-state index contributed by atoms with van der Waals surface area (Å²) in [5, 5.41) is 0.682. The Morgan fingerprint density at radius 2 is 1.93 bits per heavy atom. The summed E-state index contributed by atoms with van der Waals surface area (Å²) in [6.45, 7) is 6.23. The highest BCUT2D eigenvalue weighted by molar-refractivity contribution is 7.99. The second-order valence-electron chi connectivity index (χ2n) is 7.02. The number of alkyl halides is 3. The Hall–Kier alpha value is -2.00. The summed E-state index contributed by atoms with van der Waals surface area (Å²) in [7, 11) is 0. The number of anilines is 2. The summed E-state index contributed by atoms with van der Waals surface area (Å²) in [5.41, 5.74) is 5.71. The largest absolute Gasteiger partial charge is 0.416 e. The van der Waals surface area contributed by atoms with Gasteiger partial charge in [-0.15, -0.1) is 0 Å². The number of thioether (sulfide) groups is 1. The van der Waals surface area contributed by atoms with Gasteiger partial charge in [0.15, 0.2) is 5.16 Å². The highest BCUT2D eigenvalue weighted by Gasteiger charge is 2.31. The number of aromatic nitrogens is 2. The van der Waals surface area contributed by atoms with Crippen LogP contribution in [0.4, 0.5) is 24.7 Å². The van der Waals surface area contributed by atoms with E-state index in [1.54, 1.807) is 30.1 Å². The molecule has 3 rings (SSSR count). The molecule has 0 spiro atoms. The summed E-state index contributed by atoms with van der Waals surface area (Å²) >= 11 is 1.59. The number of halogens is 3. The smallest absolute Gasteiger partial charge is 0.384 e. The normalized spacial score (nSPS) is 16.9. The number of nitrogens with zero attached hydrogens (tertiary/aromatic N) is 4. The fourth-order valence-electron chi connectivity index (χ4n) is 3.20. The summed E-state index contributed by atoms with van der Waals surface area (Å²) < 4.78 is 38.7. The molecule has 5 nitrogen and oxygen atoms in total. The van der Waals surface area contributed by atoms with Gasteiger partial charge in [-0.05, 0) is 30.2 Å². The van der Waals surface area contributed by atoms with E-state index in [-0.39, 0.29) is 0 Å². The van der Waals surface area contributed by atoms with E-state index in [1.165, 1.54) is 12.1 Å². The van der Waals surface area contributed by atoms with E-state index >= 15 is 0 Å². The van der Waals surface area contributed by atoms with Crippen LogP contribution in [0.1, 0.15) is 12.5 Å². The van der Waals surface area contributed by atoms with Crippen LogP contribution in [-0.4, -0.2) is 53.3 Å². The van der Waals surface area contributed by atoms with Gasteiger partial charge in [-0.2, -0.15) is 13.2 Å². The van der Waals surface area contributed by atoms with Crippen LogP contribution >= 0.6 is 11.8 Å². The van der Waals surface area contributed by atoms with E-state index in [9.17, 15) is 13.2 Å². The van der Waals surface area contributed by atoms with E-state index in [4.69, 9.17) is 5.73 Å². The van der Waals surface area contributed by atoms with E-state index < -0.39 is 11.7 Å². The minimum Gasteiger partial charge on any atom is -0.384 e. The summed E-state index contributed by atoms with van der Waals surface area (Å²) in [4.78, 5) is 12.8. The molecule has 2 heterocycles. The molecule has 1 aliphatic heterocycles. The molecular weight excluding hydrogens is 387 g/mol. The Bertz CT molecular complexity index is 778. The van der Waals surface area contributed by atoms with Crippen LogP contribution in [0.5, 0.6) is 0 Å². The molecule has 0 bridgehead atoms. The van der Waals surface area contributed by atoms with Gasteiger partial charge in [-0.1, -0.05) is 24.8 Å². The van der Waals surface area contributed by atoms with Gasteiger partial charge in [0, 0.05) is 50.4 Å². The zero-order valence-electron chi connectivity index (χ0n) is 15.7. The molecule has 0 amide bonds. The monoisotopic (exact) mass is 411 g/mol. The van der Waals surface area contributed by atoms with E-state index in [0.717, 1.165) is 44.5 Å². The van der Waals surface area contributed by atoms with Gasteiger partial charge in [-0.25, -0.2) is 9.97 Å². The quantitative estimate of drug-likeness (QED) is 0.579. The number of rotatable bonds is 6. The van der Waals surface area contributed by atoms with Crippen molar-refractivity contribution in [2.45, 2.75) is 18.3 Å². The fourth-order valence-corrected chi connectivity index (χ4v) is 4.05. The average molecular weight is 411 g/mol. The summed E-state index contributed by atoms with van der Waals surface area (Å²) in [5.74, 6) is 1.79. The molecule has 1 aliphatic rings. The van der Waals surface area contributed by atoms with Crippen LogP contribution in [0.2, 0.25) is 0 Å². The lowest BCUT2D eigenvalue weighted by atomic mass is 10.1. The van der Waals surface area contributed by atoms with Crippen molar-refractivity contribution >= 4 is 23.3 Å². The highest BCUT2D eigenvalue weighted by Crippen LogP contribution is 2.32. The summed E-state index contributed by atoms with van der Waals surface area (Å²) in [6, 6.07) is 7.24. The topological polar surface area (TPSA) is 58.3 Å². The number of hydrogen-bond donors (Lipinski definition) is 1. The van der Waals surface area contributed by atoms with Crippen LogP contribution in [0.25, 0.3) is 0 Å². The van der Waals surface area contributed by atoms with Gasteiger partial charge in [-0.3, -0.25) is 4.90 Å². The lowest BCUT2D eigenvalue weighted by Crippen LogP contribution is -2.47. The maximum Gasteiger partial charge on any atom is 0.416 e. The standard InChI is InChI=1S/C19H24F3N5S/c1-14(13-28-18-24-6-5-17(23)25-18)12-26-7-9-27(10-8-26)16-4-2-3-15(11-16)19(20,21)22/h2-6,11,14H,7-10,12-13H2,1H3,(H2,23,24,25). The first kappa shape index (κ1) is 20.7. The number of piperazine rings is 1. The lowest BCUT2D eigenvalue weighted by molar-refractivity contribution is -0.137. The first-order valence-electron chi connectivity index (χ1n) is 9.17. The lowest BCUT2D eigenvalue weighted by Gasteiger charge is -2.37. The molecule has 152 valence electrons. The molecule has 2 N–H and O–H groups in total. The zero-order chi connectivity index (χ0) is 20.1. The van der Waals surface area contributed by atoms with Crippen LogP contribution in [0, 0.1) is 5.92 Å². The van der Waals surface area contributed by atoms with Gasteiger partial charge in [0.05, 0.1) is 5.56 Å². The SMILES string of the molecule is CC(CSc1nccc(N)n1)CN1CCN(c2cccc(C(F)(F)F)c2)CC1. The Kier molecular flexibility index (Phi) is 6.66. The van der Waals surface area contributed by atoms with Crippen LogP contribution in [-0.2, 0) is 6.18 Å². The summed E-state index contributed by atoms with van der Waals surface area (Å²) in [6.07, 6.45) is -2.65. The molecule has 1 saturated heterocycles. The van der Waals surface area contributed by atoms with Crippen molar-refractivity contribution in [3.05, 3.63) is 42.1 Å². The fraction of sp³-hybridized carbons (Fsp3) is 0.474. The predicted molar refractivity (Wildman–Crippen MR) is 106 cm³/mol. The van der Waals surface area contributed by atoms with Gasteiger partial charge < -0.3 is 10.6 Å². The Balaban J connectivity index is 1.46. The number of nitrogens with two attached hydrogens (primary N) is 1. The Labute approximate surface area is 167 Å². The second-order valence-corrected chi connectivity index (χ2v) is 8.00. The number of benzene rings is 1. The van der Waals surface area contributed by atoms with Crippen molar-refractivity contribution in [2.24, 2.45) is 5.92 Å². The third kappa shape index (κ3) is 5.75. The molecule has 1 unspecified atom stereocenters. The number of hydrogen-bond acceptors (Lipinski definition) is 6. The van der Waals surface area contributed by atoms with E-state index in [0.29, 0.717) is 22.6 Å². The highest BCUT2D eigenvalue weighted by atomic mass is 32.2. The van der Waals surface area contributed by atoms with Crippen molar-refractivity contribution in [3.63, 3.8) is 0 Å². The molecule has 1 aromatic heterocycles. The van der Waals surface area contributed by atoms with Gasteiger partial charge in [0.2, 0.25) is 0 Å². The molecule has 2 aromatic rings. The third-order valence-corrected chi connectivity index (χ3v) is 5.82. The number of nitrogen functional groups attached to an aromatic ring is 1. The minimum atomic E-state index is -4.31. The molecule has 0 saturated carbocycles. The van der Waals surface area contributed by atoms with Gasteiger partial charge in [0.25, 0.3) is 0 Å². The molecule has 1 atom stereocenters. The maximum absolute atomic E-state index is 12.9. The molecule has 1 fully saturated rings. The first-order valence-corrected chi connectivity index (χ1v) is 10.2. The van der Waals surface area contributed by atoms with Crippen LogP contribution in [0.15, 0.2) is 41.7 Å². The van der Waals surface area contributed by atoms with Crippen molar-refractivity contribution < 1.29 is 13.2 Å². The van der Waals surface area contributed by atoms with Crippen molar-refractivity contribution in [1.29, 1.82) is 0 Å². The van der Waals surface area contributed by atoms with Gasteiger partial charge in [0.1, 0.15) is 5.82 Å². The Morgan fingerprint density at radius 1 is 1.18 bits per heavy atom. The van der Waals surface area contributed by atoms with Gasteiger partial charge >= 0.3 is 6.18 Å². The second kappa shape index (κ2) is 9.00. The zero-order valence-corrected chi connectivity index (χ0v) is 16.5. The molecule has 0 radical (unpaired) electrons. The molecule has 0 aliphatic carbocycles. The molecule has 28 heavy (non-hydrogen) atoms. The van der Waals surface area contributed by atoms with E-state index in [2.05, 4.69) is 21.8 Å². The molecule has 1 aromatic carbocycles. The molecule has 9 heteroatoms. The van der Waals surface area contributed by atoms with E-state index in [1.807, 2.05) is 4.90 Å². The maximum atomic E-state index is 12.9. The van der Waals surface area contributed by atoms with Crippen molar-refractivity contribution in [3.8, 4) is 0 Å². The third-order valence-electron chi connectivity index (χ3n) is 4.63. The average Bonchev–Trinajstić information content (AvgIpc) is 2.66. The Morgan fingerprint density at radius 3 is 2.61 bits per heavy atom. The predicted octanol–water partition coefficient (Wildman–Crippen LogP) is 3.63. The van der Waals surface area contributed by atoms with Crippen molar-refractivity contribution in [2.75, 3.05) is 49.1 Å². The first-order chi connectivity index (χ1) is 13.3. The minimum absolute atomic E-state index is 0.440. The molecular formula is C19H24F3N5S. The van der Waals surface area contributed by atoms with Crippen LogP contribution in [0.3, 0.4) is 0 Å². The van der Waals surface area contributed by atoms with Crippen LogP contribution < -0.4 is 10.6 Å². The van der Waals surface area contributed by atoms with Crippen molar-refractivity contribution in [1.82, 2.24) is 14.9 Å².